The lowest BCUT2D eigenvalue weighted by atomic mass is 10.2. The van der Waals surface area contributed by atoms with E-state index < -0.39 is 24.5 Å². The molecule has 0 radical (unpaired) electrons. The van der Waals surface area contributed by atoms with Gasteiger partial charge in [0, 0.05) is 6.20 Å². The van der Waals surface area contributed by atoms with Crippen molar-refractivity contribution in [2.24, 2.45) is 0 Å². The second-order valence-corrected chi connectivity index (χ2v) is 2.17. The second kappa shape index (κ2) is 3.53. The van der Waals surface area contributed by atoms with Crippen LogP contribution in [0.15, 0.2) is 12.3 Å². The van der Waals surface area contributed by atoms with Crippen molar-refractivity contribution in [2.75, 3.05) is 0 Å². The van der Waals surface area contributed by atoms with Gasteiger partial charge in [-0.1, -0.05) is 0 Å². The first-order valence-electron chi connectivity index (χ1n) is 3.18. The van der Waals surface area contributed by atoms with Crippen LogP contribution in [-0.4, -0.2) is 10.1 Å². The van der Waals surface area contributed by atoms with Crippen molar-refractivity contribution in [2.45, 2.75) is 13.0 Å². The van der Waals surface area contributed by atoms with Crippen LogP contribution >= 0.6 is 0 Å². The van der Waals surface area contributed by atoms with Crippen LogP contribution in [0.25, 0.3) is 0 Å². The van der Waals surface area contributed by atoms with Crippen LogP contribution < -0.4 is 0 Å². The monoisotopic (exact) mass is 177 g/mol. The molecule has 0 aliphatic carbocycles. The summed E-state index contributed by atoms with van der Waals surface area (Å²) in [6, 6.07) is 0.842. The highest BCUT2D eigenvalue weighted by Crippen LogP contribution is 2.19. The molecule has 1 aromatic heterocycles. The molecule has 2 nitrogen and oxygen atoms in total. The normalized spacial score (nSPS) is 10.8. The van der Waals surface area contributed by atoms with Gasteiger partial charge in [-0.2, -0.15) is 0 Å². The standard InChI is InChI=1S/C7H6F3NO/c8-5-1-4(3-12)2-11-6(5)7(9)10/h1-2,7,12H,3H2. The lowest BCUT2D eigenvalue weighted by Crippen LogP contribution is -1.97. The lowest BCUT2D eigenvalue weighted by Gasteiger charge is -2.01. The highest BCUT2D eigenvalue weighted by atomic mass is 19.3. The summed E-state index contributed by atoms with van der Waals surface area (Å²) in [7, 11) is 0. The van der Waals surface area contributed by atoms with E-state index in [1.165, 1.54) is 0 Å². The Hall–Kier alpha value is -1.10. The fourth-order valence-corrected chi connectivity index (χ4v) is 0.735. The Morgan fingerprint density at radius 1 is 1.50 bits per heavy atom. The van der Waals surface area contributed by atoms with E-state index in [0.717, 1.165) is 12.3 Å². The molecule has 0 aliphatic heterocycles. The Kier molecular flexibility index (Phi) is 2.65. The van der Waals surface area contributed by atoms with Gasteiger partial charge in [-0.25, -0.2) is 13.2 Å². The minimum atomic E-state index is -2.92. The van der Waals surface area contributed by atoms with Crippen LogP contribution in [0.5, 0.6) is 0 Å². The molecule has 12 heavy (non-hydrogen) atoms. The van der Waals surface area contributed by atoms with Crippen molar-refractivity contribution in [1.82, 2.24) is 4.98 Å². The van der Waals surface area contributed by atoms with Gasteiger partial charge in [-0.3, -0.25) is 4.98 Å². The van der Waals surface area contributed by atoms with E-state index >= 15 is 0 Å². The van der Waals surface area contributed by atoms with Gasteiger partial charge in [0.2, 0.25) is 0 Å². The molecule has 0 amide bonds. The molecule has 1 rings (SSSR count). The van der Waals surface area contributed by atoms with E-state index in [1.807, 2.05) is 0 Å². The smallest absolute Gasteiger partial charge is 0.283 e. The molecule has 0 unspecified atom stereocenters. The third-order valence-corrected chi connectivity index (χ3v) is 1.32. The number of aliphatic hydroxyl groups is 1. The third-order valence-electron chi connectivity index (χ3n) is 1.32. The summed E-state index contributed by atoms with van der Waals surface area (Å²) in [6.45, 7) is -0.409. The highest BCUT2D eigenvalue weighted by Gasteiger charge is 2.14. The summed E-state index contributed by atoms with van der Waals surface area (Å²) in [5.74, 6) is -1.09. The number of nitrogens with zero attached hydrogens (tertiary/aromatic N) is 1. The SMILES string of the molecule is OCc1cnc(C(F)F)c(F)c1. The minimum Gasteiger partial charge on any atom is -0.392 e. The topological polar surface area (TPSA) is 33.1 Å². The van der Waals surface area contributed by atoms with Gasteiger partial charge in [-0.05, 0) is 11.6 Å². The predicted molar refractivity (Wildman–Crippen MR) is 35.1 cm³/mol. The van der Waals surface area contributed by atoms with E-state index in [2.05, 4.69) is 4.98 Å². The summed E-state index contributed by atoms with van der Waals surface area (Å²) in [4.78, 5) is 3.16. The Morgan fingerprint density at radius 3 is 2.58 bits per heavy atom. The molecule has 0 bridgehead atoms. The summed E-state index contributed by atoms with van der Waals surface area (Å²) < 4.78 is 36.4. The Bertz CT molecular complexity index is 277. The molecule has 0 aromatic carbocycles. The van der Waals surface area contributed by atoms with Gasteiger partial charge in [0.1, 0.15) is 5.69 Å². The molecule has 0 fully saturated rings. The molecule has 0 atom stereocenters. The van der Waals surface area contributed by atoms with Gasteiger partial charge in [0.25, 0.3) is 6.43 Å². The Morgan fingerprint density at radius 2 is 2.17 bits per heavy atom. The average molecular weight is 177 g/mol. The molecule has 0 spiro atoms. The molecule has 1 aromatic rings. The van der Waals surface area contributed by atoms with Crippen molar-refractivity contribution >= 4 is 0 Å². The summed E-state index contributed by atoms with van der Waals surface area (Å²) in [5, 5.41) is 8.50. The highest BCUT2D eigenvalue weighted by molar-refractivity contribution is 5.16. The number of halogens is 3. The van der Waals surface area contributed by atoms with Crippen LogP contribution in [0.3, 0.4) is 0 Å². The molecule has 1 N–H and O–H groups in total. The number of rotatable bonds is 2. The fraction of sp³-hybridized carbons (Fsp3) is 0.286. The van der Waals surface area contributed by atoms with E-state index in [1.54, 1.807) is 0 Å². The summed E-state index contributed by atoms with van der Waals surface area (Å²) in [6.07, 6.45) is -1.90. The maximum absolute atomic E-state index is 12.6. The van der Waals surface area contributed by atoms with Crippen molar-refractivity contribution in [3.05, 3.63) is 29.3 Å². The van der Waals surface area contributed by atoms with Gasteiger partial charge in [0.15, 0.2) is 5.82 Å². The number of pyridine rings is 1. The number of hydrogen-bond acceptors (Lipinski definition) is 2. The summed E-state index contributed by atoms with van der Waals surface area (Å²) in [5.41, 5.74) is -0.705. The van der Waals surface area contributed by atoms with Crippen molar-refractivity contribution in [1.29, 1.82) is 0 Å². The molecule has 66 valence electrons. The van der Waals surface area contributed by atoms with Crippen LogP contribution in [0.2, 0.25) is 0 Å². The van der Waals surface area contributed by atoms with Crippen molar-refractivity contribution in [3.63, 3.8) is 0 Å². The number of hydrogen-bond donors (Lipinski definition) is 1. The molecule has 5 heteroatoms. The maximum Gasteiger partial charge on any atom is 0.283 e. The summed E-state index contributed by atoms with van der Waals surface area (Å²) >= 11 is 0. The first kappa shape index (κ1) is 8.99. The third kappa shape index (κ3) is 1.73. The van der Waals surface area contributed by atoms with Gasteiger partial charge < -0.3 is 5.11 Å². The van der Waals surface area contributed by atoms with Gasteiger partial charge in [-0.15, -0.1) is 0 Å². The largest absolute Gasteiger partial charge is 0.392 e. The van der Waals surface area contributed by atoms with Crippen molar-refractivity contribution < 1.29 is 18.3 Å². The van der Waals surface area contributed by atoms with Crippen LogP contribution in [0.1, 0.15) is 17.7 Å². The lowest BCUT2D eigenvalue weighted by molar-refractivity contribution is 0.140. The Balaban J connectivity index is 3.03. The van der Waals surface area contributed by atoms with Crippen LogP contribution in [0, 0.1) is 5.82 Å². The Labute approximate surface area is 66.7 Å². The quantitative estimate of drug-likeness (QED) is 0.745. The van der Waals surface area contributed by atoms with Gasteiger partial charge in [0.05, 0.1) is 6.61 Å². The molecular formula is C7H6F3NO. The zero-order valence-corrected chi connectivity index (χ0v) is 5.97. The second-order valence-electron chi connectivity index (χ2n) is 2.17. The van der Waals surface area contributed by atoms with Crippen LogP contribution in [-0.2, 0) is 6.61 Å². The number of aromatic nitrogens is 1. The molecule has 1 heterocycles. The first-order chi connectivity index (χ1) is 5.65. The molecule has 0 saturated heterocycles. The van der Waals surface area contributed by atoms with E-state index in [0.29, 0.717) is 0 Å². The van der Waals surface area contributed by atoms with E-state index in [9.17, 15) is 13.2 Å². The van der Waals surface area contributed by atoms with Crippen molar-refractivity contribution in [3.8, 4) is 0 Å². The zero-order chi connectivity index (χ0) is 9.14. The van der Waals surface area contributed by atoms with E-state index in [-0.39, 0.29) is 5.56 Å². The fourth-order valence-electron chi connectivity index (χ4n) is 0.735. The number of alkyl halides is 2. The molecular weight excluding hydrogens is 171 g/mol. The predicted octanol–water partition coefficient (Wildman–Crippen LogP) is 1.65. The molecule has 0 saturated carbocycles. The average Bonchev–Trinajstić information content (AvgIpc) is 2.03. The molecule has 0 aliphatic rings. The zero-order valence-electron chi connectivity index (χ0n) is 5.97. The maximum atomic E-state index is 12.6. The van der Waals surface area contributed by atoms with E-state index in [4.69, 9.17) is 5.11 Å². The van der Waals surface area contributed by atoms with Crippen LogP contribution in [0.4, 0.5) is 13.2 Å². The minimum absolute atomic E-state index is 0.178. The first-order valence-corrected chi connectivity index (χ1v) is 3.18. The number of aliphatic hydroxyl groups excluding tert-OH is 1. The van der Waals surface area contributed by atoms with Gasteiger partial charge >= 0.3 is 0 Å².